The summed E-state index contributed by atoms with van der Waals surface area (Å²) in [6.45, 7) is 2.99. The fraction of sp³-hybridized carbons (Fsp3) is 0.833. The summed E-state index contributed by atoms with van der Waals surface area (Å²) in [5.41, 5.74) is 0. The van der Waals surface area contributed by atoms with Crippen LogP contribution in [0, 0.1) is 5.92 Å². The molecule has 49 valence electrons. The molecule has 0 aromatic carbocycles. The summed E-state index contributed by atoms with van der Waals surface area (Å²) in [4.78, 5) is 10.2. The molecule has 0 rings (SSSR count). The van der Waals surface area contributed by atoms with Gasteiger partial charge in [0.15, 0.2) is 5.78 Å². The van der Waals surface area contributed by atoms with Gasteiger partial charge in [-0.15, -0.1) is 0 Å². The van der Waals surface area contributed by atoms with Crippen molar-refractivity contribution in [3.05, 3.63) is 0 Å². The predicted octanol–water partition coefficient (Wildman–Crippen LogP) is 1.19. The second-order valence-electron chi connectivity index (χ2n) is 2.27. The molecular weight excluding hydrogens is 130 g/mol. The number of halogens is 1. The van der Waals surface area contributed by atoms with E-state index < -0.39 is 6.67 Å². The average Bonchev–Trinajstić information content (AvgIpc) is 1.65. The number of hydrogen-bond donors (Lipinski definition) is 0. The molecule has 0 aromatic rings. The molecule has 0 aliphatic rings. The Bertz CT molecular complexity index is 83.1. The van der Waals surface area contributed by atoms with Gasteiger partial charge in [0.05, 0.1) is 0 Å². The van der Waals surface area contributed by atoms with Crippen LogP contribution in [0.5, 0.6) is 0 Å². The summed E-state index contributed by atoms with van der Waals surface area (Å²) in [7, 11) is 0. The minimum Gasteiger partial charge on any atom is -0.297 e. The second kappa shape index (κ2) is 6.72. The molecule has 0 aliphatic carbocycles. The number of alkyl halides is 1. The van der Waals surface area contributed by atoms with Crippen molar-refractivity contribution < 1.29 is 9.18 Å². The molecule has 0 aromatic heterocycles. The topological polar surface area (TPSA) is 17.1 Å². The summed E-state index contributed by atoms with van der Waals surface area (Å²) in [6.07, 6.45) is 0.372. The van der Waals surface area contributed by atoms with Crippen molar-refractivity contribution in [2.75, 3.05) is 6.67 Å². The Morgan fingerprint density at radius 1 is 1.56 bits per heavy atom. The zero-order valence-electron chi connectivity index (χ0n) is 6.28. The molecule has 0 saturated carbocycles. The van der Waals surface area contributed by atoms with Crippen molar-refractivity contribution >= 4 is 35.3 Å². The first-order chi connectivity index (χ1) is 3.66. The second-order valence-corrected chi connectivity index (χ2v) is 2.27. The van der Waals surface area contributed by atoms with Gasteiger partial charge in [0.25, 0.3) is 0 Å². The molecule has 0 amide bonds. The molecule has 0 fully saturated rings. The summed E-state index contributed by atoms with van der Waals surface area (Å²) in [5.74, 6) is -0.00162. The van der Waals surface area contributed by atoms with Gasteiger partial charge in [-0.05, 0) is 5.92 Å². The molecule has 0 spiro atoms. The van der Waals surface area contributed by atoms with Gasteiger partial charge in [0.2, 0.25) is 0 Å². The van der Waals surface area contributed by atoms with Crippen LogP contribution in [-0.2, 0) is 4.79 Å². The number of hydrogen-bond acceptors (Lipinski definition) is 1. The Kier molecular flexibility index (Phi) is 9.17. The van der Waals surface area contributed by atoms with E-state index in [1.807, 2.05) is 13.8 Å². The Hall–Kier alpha value is 0.600. The third-order valence-corrected chi connectivity index (χ3v) is 0.785. The zero-order valence-corrected chi connectivity index (χ0v) is 8.28. The first kappa shape index (κ1) is 12.3. The van der Waals surface area contributed by atoms with Crippen LogP contribution >= 0.6 is 0 Å². The minimum atomic E-state index is -0.807. The number of rotatable bonds is 3. The maximum Gasteiger partial charge on any atom is 0.164 e. The molecule has 0 saturated heterocycles. The fourth-order valence-corrected chi connectivity index (χ4v) is 0.510. The number of carbonyl (C=O) groups is 1. The van der Waals surface area contributed by atoms with E-state index in [2.05, 4.69) is 0 Å². The van der Waals surface area contributed by atoms with Gasteiger partial charge in [-0.1, -0.05) is 13.8 Å². The van der Waals surface area contributed by atoms with E-state index in [-0.39, 0.29) is 35.3 Å². The van der Waals surface area contributed by atoms with Gasteiger partial charge < -0.3 is 0 Å². The van der Waals surface area contributed by atoms with E-state index in [0.29, 0.717) is 12.3 Å². The van der Waals surface area contributed by atoms with E-state index in [1.54, 1.807) is 0 Å². The molecule has 0 bridgehead atoms. The molecule has 1 nitrogen and oxygen atoms in total. The Morgan fingerprint density at radius 2 is 2.00 bits per heavy atom. The van der Waals surface area contributed by atoms with Crippen LogP contribution in [0.25, 0.3) is 0 Å². The molecule has 0 N–H and O–H groups in total. The van der Waals surface area contributed by atoms with Crippen LogP contribution in [-0.4, -0.2) is 42.0 Å². The van der Waals surface area contributed by atoms with Gasteiger partial charge in [0, 0.05) is 36.0 Å². The van der Waals surface area contributed by atoms with E-state index in [4.69, 9.17) is 0 Å². The first-order valence-electron chi connectivity index (χ1n) is 2.74. The third kappa shape index (κ3) is 8.60. The van der Waals surface area contributed by atoms with Crippen LogP contribution in [0.15, 0.2) is 0 Å². The van der Waals surface area contributed by atoms with Crippen molar-refractivity contribution in [2.45, 2.75) is 20.3 Å². The van der Waals surface area contributed by atoms with Crippen LogP contribution in [0.3, 0.4) is 0 Å². The zero-order chi connectivity index (χ0) is 6.57. The quantitative estimate of drug-likeness (QED) is 0.539. The van der Waals surface area contributed by atoms with Crippen LogP contribution in [0.1, 0.15) is 20.3 Å². The Morgan fingerprint density at radius 3 is 2.11 bits per heavy atom. The minimum absolute atomic E-state index is 0. The van der Waals surface area contributed by atoms with E-state index in [1.165, 1.54) is 0 Å². The van der Waals surface area contributed by atoms with Gasteiger partial charge in [0.1, 0.15) is 6.67 Å². The number of Topliss-reactive ketones (excluding diaryl/α,β-unsaturated/α-hetero) is 1. The van der Waals surface area contributed by atoms with Crippen molar-refractivity contribution in [1.29, 1.82) is 0 Å². The van der Waals surface area contributed by atoms with E-state index in [9.17, 15) is 9.18 Å². The molecule has 0 aliphatic heterocycles. The average molecular weight is 141 g/mol. The number of carbonyl (C=O) groups excluding carboxylic acids is 1. The largest absolute Gasteiger partial charge is 0.297 e. The van der Waals surface area contributed by atoms with Gasteiger partial charge >= 0.3 is 0 Å². The van der Waals surface area contributed by atoms with E-state index >= 15 is 0 Å². The molecular formula is C6H11FNaO. The molecule has 0 heterocycles. The molecule has 0 unspecified atom stereocenters. The van der Waals surface area contributed by atoms with E-state index in [0.717, 1.165) is 0 Å². The molecule has 3 heteroatoms. The van der Waals surface area contributed by atoms with Crippen molar-refractivity contribution in [3.63, 3.8) is 0 Å². The predicted molar refractivity (Wildman–Crippen MR) is 36.2 cm³/mol. The Labute approximate surface area is 77.3 Å². The standard InChI is InChI=1S/C6H11FO.Na/c1-5(2)3-6(8)4-7;/h5H,3-4H2,1-2H3;. The summed E-state index contributed by atoms with van der Waals surface area (Å²) in [5, 5.41) is 0. The third-order valence-electron chi connectivity index (χ3n) is 0.785. The summed E-state index contributed by atoms with van der Waals surface area (Å²) >= 11 is 0. The molecule has 0 atom stereocenters. The Balaban J connectivity index is 0. The van der Waals surface area contributed by atoms with Gasteiger partial charge in [-0.25, -0.2) is 4.39 Å². The van der Waals surface area contributed by atoms with Crippen LogP contribution in [0.4, 0.5) is 4.39 Å². The monoisotopic (exact) mass is 141 g/mol. The van der Waals surface area contributed by atoms with Crippen LogP contribution in [0.2, 0.25) is 0 Å². The van der Waals surface area contributed by atoms with Gasteiger partial charge in [-0.2, -0.15) is 0 Å². The maximum absolute atomic E-state index is 11.4. The van der Waals surface area contributed by atoms with Crippen molar-refractivity contribution in [2.24, 2.45) is 5.92 Å². The molecule has 9 heavy (non-hydrogen) atoms. The smallest absolute Gasteiger partial charge is 0.164 e. The first-order valence-corrected chi connectivity index (χ1v) is 2.74. The van der Waals surface area contributed by atoms with Crippen LogP contribution < -0.4 is 0 Å². The summed E-state index contributed by atoms with van der Waals surface area (Å²) in [6, 6.07) is 0. The van der Waals surface area contributed by atoms with Gasteiger partial charge in [-0.3, -0.25) is 4.79 Å². The summed E-state index contributed by atoms with van der Waals surface area (Å²) < 4.78 is 11.4. The SMILES string of the molecule is CC(C)CC(=O)CF.[Na]. The normalized spacial score (nSPS) is 8.89. The van der Waals surface area contributed by atoms with Crippen molar-refractivity contribution in [1.82, 2.24) is 0 Å². The molecule has 1 radical (unpaired) electrons. The van der Waals surface area contributed by atoms with Crippen molar-refractivity contribution in [3.8, 4) is 0 Å². The maximum atomic E-state index is 11.4. The number of ketones is 1. The fourth-order valence-electron chi connectivity index (χ4n) is 0.510.